The van der Waals surface area contributed by atoms with Gasteiger partial charge in [-0.3, -0.25) is 4.68 Å². The van der Waals surface area contributed by atoms with E-state index in [-0.39, 0.29) is 4.90 Å². The Bertz CT molecular complexity index is 1180. The molecule has 0 saturated heterocycles. The molecule has 0 spiro atoms. The van der Waals surface area contributed by atoms with Gasteiger partial charge in [-0.2, -0.15) is 5.10 Å². The largest absolute Gasteiger partial charge is 0.275 e. The van der Waals surface area contributed by atoms with E-state index in [1.165, 1.54) is 3.97 Å². The molecule has 0 fully saturated rings. The van der Waals surface area contributed by atoms with Crippen LogP contribution in [0.1, 0.15) is 0 Å². The van der Waals surface area contributed by atoms with E-state index in [0.717, 1.165) is 5.39 Å². The summed E-state index contributed by atoms with van der Waals surface area (Å²) in [6.45, 7) is 0. The molecule has 4 aromatic rings. The molecule has 8 heteroatoms. The lowest BCUT2D eigenvalue weighted by Gasteiger charge is -2.10. The maximum absolute atomic E-state index is 13.3. The second-order valence-corrected chi connectivity index (χ2v) is 8.10. The van der Waals surface area contributed by atoms with Crippen molar-refractivity contribution in [2.24, 2.45) is 7.05 Å². The van der Waals surface area contributed by atoms with Gasteiger partial charge in [-0.05, 0) is 40.2 Å². The van der Waals surface area contributed by atoms with Crippen LogP contribution in [0, 0.1) is 0 Å². The Morgan fingerprint density at radius 3 is 2.52 bits per heavy atom. The summed E-state index contributed by atoms with van der Waals surface area (Å²) in [6.07, 6.45) is 4.99. The molecule has 0 N–H and O–H groups in total. The minimum absolute atomic E-state index is 0.204. The molecular formula is C17H13BrN4O2S. The van der Waals surface area contributed by atoms with Gasteiger partial charge < -0.3 is 0 Å². The van der Waals surface area contributed by atoms with Crippen LogP contribution in [0.25, 0.3) is 22.3 Å². The lowest BCUT2D eigenvalue weighted by atomic mass is 10.2. The van der Waals surface area contributed by atoms with Gasteiger partial charge in [0.1, 0.15) is 0 Å². The molecule has 0 atom stereocenters. The summed E-state index contributed by atoms with van der Waals surface area (Å²) in [4.78, 5) is 4.52. The third kappa shape index (κ3) is 2.49. The average Bonchev–Trinajstić information content (AvgIpc) is 3.17. The van der Waals surface area contributed by atoms with Gasteiger partial charge in [0.05, 0.1) is 21.3 Å². The van der Waals surface area contributed by atoms with E-state index < -0.39 is 10.0 Å². The zero-order valence-corrected chi connectivity index (χ0v) is 15.6. The van der Waals surface area contributed by atoms with Crippen LogP contribution in [0.15, 0.2) is 70.4 Å². The van der Waals surface area contributed by atoms with Crippen LogP contribution in [-0.4, -0.2) is 27.2 Å². The van der Waals surface area contributed by atoms with Crippen LogP contribution in [0.3, 0.4) is 0 Å². The molecule has 3 aromatic heterocycles. The van der Waals surface area contributed by atoms with Crippen molar-refractivity contribution >= 4 is 37.0 Å². The third-order valence-electron chi connectivity index (χ3n) is 3.89. The quantitative estimate of drug-likeness (QED) is 0.512. The monoisotopic (exact) mass is 416 g/mol. The fourth-order valence-corrected chi connectivity index (χ4v) is 5.13. The van der Waals surface area contributed by atoms with Crippen LogP contribution in [0.5, 0.6) is 0 Å². The lowest BCUT2D eigenvalue weighted by molar-refractivity contribution is 0.589. The molecule has 25 heavy (non-hydrogen) atoms. The maximum Gasteiger partial charge on any atom is 0.269 e. The minimum Gasteiger partial charge on any atom is -0.275 e. The summed E-state index contributed by atoms with van der Waals surface area (Å²) in [5.74, 6) is 0. The second-order valence-electron chi connectivity index (χ2n) is 5.52. The van der Waals surface area contributed by atoms with Crippen LogP contribution >= 0.6 is 15.9 Å². The number of halogens is 1. The zero-order valence-electron chi connectivity index (χ0n) is 13.2. The Labute approximate surface area is 152 Å². The molecule has 0 aliphatic heterocycles. The first-order valence-corrected chi connectivity index (χ1v) is 9.68. The number of hydrogen-bond donors (Lipinski definition) is 0. The number of hydrogen-bond acceptors (Lipinski definition) is 4. The Hall–Kier alpha value is -2.45. The van der Waals surface area contributed by atoms with E-state index >= 15 is 0 Å². The van der Waals surface area contributed by atoms with E-state index in [9.17, 15) is 8.42 Å². The molecule has 0 aliphatic rings. The standard InChI is InChI=1S/C17H13BrN4O2S/c1-21-11-12(10-20-21)16-15(18)14-8-5-9-19-17(14)22(16)25(23,24)13-6-3-2-4-7-13/h2-11H,1H3. The van der Waals surface area contributed by atoms with Gasteiger partial charge in [-0.1, -0.05) is 18.2 Å². The summed E-state index contributed by atoms with van der Waals surface area (Å²) in [6, 6.07) is 11.9. The molecule has 1 aromatic carbocycles. The highest BCUT2D eigenvalue weighted by Crippen LogP contribution is 2.39. The summed E-state index contributed by atoms with van der Waals surface area (Å²) >= 11 is 3.55. The smallest absolute Gasteiger partial charge is 0.269 e. The zero-order chi connectivity index (χ0) is 17.6. The van der Waals surface area contributed by atoms with E-state index in [1.807, 2.05) is 6.07 Å². The van der Waals surface area contributed by atoms with Crippen LogP contribution in [0.4, 0.5) is 0 Å². The van der Waals surface area contributed by atoms with E-state index in [4.69, 9.17) is 0 Å². The first kappa shape index (κ1) is 16.0. The van der Waals surface area contributed by atoms with Gasteiger partial charge in [-0.25, -0.2) is 17.4 Å². The van der Waals surface area contributed by atoms with Crippen molar-refractivity contribution in [1.29, 1.82) is 0 Å². The second kappa shape index (κ2) is 5.82. The predicted octanol–water partition coefficient (Wildman–Crippen LogP) is 3.44. The first-order chi connectivity index (χ1) is 12.0. The van der Waals surface area contributed by atoms with Gasteiger partial charge in [0.25, 0.3) is 10.0 Å². The normalized spacial score (nSPS) is 11.9. The van der Waals surface area contributed by atoms with Crippen molar-refractivity contribution in [2.75, 3.05) is 0 Å². The summed E-state index contributed by atoms with van der Waals surface area (Å²) in [5, 5.41) is 4.89. The number of aromatic nitrogens is 4. The van der Waals surface area contributed by atoms with E-state index in [1.54, 1.807) is 66.7 Å². The van der Waals surface area contributed by atoms with Crippen LogP contribution in [0.2, 0.25) is 0 Å². The third-order valence-corrected chi connectivity index (χ3v) is 6.39. The molecule has 3 heterocycles. The van der Waals surface area contributed by atoms with Crippen LogP contribution < -0.4 is 0 Å². The number of pyridine rings is 1. The molecule has 0 radical (unpaired) electrons. The molecule has 126 valence electrons. The highest BCUT2D eigenvalue weighted by atomic mass is 79.9. The molecule has 0 bridgehead atoms. The summed E-state index contributed by atoms with van der Waals surface area (Å²) in [5.41, 5.74) is 1.56. The number of fused-ring (bicyclic) bond motifs is 1. The Kier molecular flexibility index (Phi) is 3.73. The SMILES string of the molecule is Cn1cc(-c2c(Br)c3cccnc3n2S(=O)(=O)c2ccccc2)cn1. The van der Waals surface area contributed by atoms with Gasteiger partial charge >= 0.3 is 0 Å². The lowest BCUT2D eigenvalue weighted by Crippen LogP contribution is -2.14. The van der Waals surface area contributed by atoms with Crippen molar-refractivity contribution in [1.82, 2.24) is 18.7 Å². The summed E-state index contributed by atoms with van der Waals surface area (Å²) < 4.78 is 30.3. The van der Waals surface area contributed by atoms with Gasteiger partial charge in [-0.15, -0.1) is 0 Å². The van der Waals surface area contributed by atoms with E-state index in [2.05, 4.69) is 26.0 Å². The number of aryl methyl sites for hydroxylation is 1. The number of nitrogens with zero attached hydrogens (tertiary/aromatic N) is 4. The van der Waals surface area contributed by atoms with Gasteiger partial charge in [0.15, 0.2) is 5.65 Å². The van der Waals surface area contributed by atoms with Gasteiger partial charge in [0, 0.05) is 30.4 Å². The van der Waals surface area contributed by atoms with Crippen molar-refractivity contribution in [2.45, 2.75) is 4.90 Å². The molecule has 0 unspecified atom stereocenters. The fourth-order valence-electron chi connectivity index (χ4n) is 2.77. The highest BCUT2D eigenvalue weighted by Gasteiger charge is 2.28. The highest BCUT2D eigenvalue weighted by molar-refractivity contribution is 9.10. The Balaban J connectivity index is 2.13. The van der Waals surface area contributed by atoms with E-state index in [0.29, 0.717) is 21.4 Å². The van der Waals surface area contributed by atoms with Gasteiger partial charge in [0.2, 0.25) is 0 Å². The summed E-state index contributed by atoms with van der Waals surface area (Å²) in [7, 11) is -2.04. The topological polar surface area (TPSA) is 69.8 Å². The molecular weight excluding hydrogens is 404 g/mol. The molecule has 0 saturated carbocycles. The van der Waals surface area contributed by atoms with Crippen LogP contribution in [-0.2, 0) is 17.1 Å². The Morgan fingerprint density at radius 1 is 1.08 bits per heavy atom. The first-order valence-electron chi connectivity index (χ1n) is 7.45. The molecule has 4 rings (SSSR count). The average molecular weight is 417 g/mol. The molecule has 0 amide bonds. The Morgan fingerprint density at radius 2 is 1.84 bits per heavy atom. The maximum atomic E-state index is 13.3. The number of benzene rings is 1. The van der Waals surface area contributed by atoms with Crippen molar-refractivity contribution < 1.29 is 8.42 Å². The number of rotatable bonds is 3. The minimum atomic E-state index is -3.83. The molecule has 0 aliphatic carbocycles. The fraction of sp³-hybridized carbons (Fsp3) is 0.0588. The molecule has 6 nitrogen and oxygen atoms in total. The van der Waals surface area contributed by atoms with Crippen molar-refractivity contribution in [3.8, 4) is 11.3 Å². The predicted molar refractivity (Wildman–Crippen MR) is 98.7 cm³/mol. The van der Waals surface area contributed by atoms with Crippen molar-refractivity contribution in [3.05, 3.63) is 65.5 Å². The van der Waals surface area contributed by atoms with Crippen molar-refractivity contribution in [3.63, 3.8) is 0 Å².